The molecule has 1 aliphatic carbocycles. The summed E-state index contributed by atoms with van der Waals surface area (Å²) >= 11 is 0. The summed E-state index contributed by atoms with van der Waals surface area (Å²) in [5, 5.41) is 2.92. The lowest BCUT2D eigenvalue weighted by molar-refractivity contribution is -0.127. The van der Waals surface area contributed by atoms with E-state index in [2.05, 4.69) is 5.32 Å². The average Bonchev–Trinajstić information content (AvgIpc) is 2.27. The number of primary amides is 1. The van der Waals surface area contributed by atoms with Crippen LogP contribution in [0.3, 0.4) is 0 Å². The predicted molar refractivity (Wildman–Crippen MR) is 59.5 cm³/mol. The van der Waals surface area contributed by atoms with E-state index in [1.807, 2.05) is 0 Å². The monoisotopic (exact) mass is 214 g/mol. The Labute approximate surface area is 91.5 Å². The van der Waals surface area contributed by atoms with Crippen LogP contribution in [-0.2, 0) is 9.53 Å². The summed E-state index contributed by atoms with van der Waals surface area (Å²) in [6.07, 6.45) is 6.30. The molecule has 4 nitrogen and oxygen atoms in total. The van der Waals surface area contributed by atoms with Crippen molar-refractivity contribution in [2.75, 3.05) is 13.7 Å². The molecule has 1 unspecified atom stereocenters. The quantitative estimate of drug-likeness (QED) is 0.711. The lowest BCUT2D eigenvalue weighted by Gasteiger charge is -2.29. The number of nitrogens with one attached hydrogen (secondary N) is 1. The van der Waals surface area contributed by atoms with Gasteiger partial charge in [-0.3, -0.25) is 4.79 Å². The van der Waals surface area contributed by atoms with Crippen molar-refractivity contribution in [2.24, 2.45) is 5.73 Å². The van der Waals surface area contributed by atoms with Crippen LogP contribution in [0.15, 0.2) is 0 Å². The summed E-state index contributed by atoms with van der Waals surface area (Å²) in [5.74, 6) is -0.360. The van der Waals surface area contributed by atoms with Crippen LogP contribution in [0.5, 0.6) is 0 Å². The number of likely N-dealkylation sites (N-methyl/N-ethyl adjacent to an activating group) is 1. The Morgan fingerprint density at radius 2 is 2.07 bits per heavy atom. The van der Waals surface area contributed by atoms with Crippen molar-refractivity contribution < 1.29 is 9.53 Å². The first-order valence-corrected chi connectivity index (χ1v) is 5.69. The molecule has 0 bridgehead atoms. The van der Waals surface area contributed by atoms with Crippen LogP contribution in [0.4, 0.5) is 0 Å². The van der Waals surface area contributed by atoms with E-state index in [0.29, 0.717) is 12.7 Å². The molecule has 1 fully saturated rings. The van der Waals surface area contributed by atoms with Gasteiger partial charge in [-0.15, -0.1) is 0 Å². The molecule has 0 aromatic rings. The van der Waals surface area contributed by atoms with Gasteiger partial charge in [-0.25, -0.2) is 0 Å². The number of ether oxygens (including phenoxy) is 1. The van der Waals surface area contributed by atoms with Gasteiger partial charge in [-0.05, 0) is 26.8 Å². The van der Waals surface area contributed by atoms with E-state index in [-0.39, 0.29) is 5.91 Å². The van der Waals surface area contributed by atoms with Gasteiger partial charge in [-0.2, -0.15) is 0 Å². The molecule has 0 heterocycles. The van der Waals surface area contributed by atoms with E-state index in [1.165, 1.54) is 19.3 Å². The number of amides is 1. The van der Waals surface area contributed by atoms with Crippen LogP contribution in [0.2, 0.25) is 0 Å². The highest BCUT2D eigenvalue weighted by Gasteiger charge is 2.30. The van der Waals surface area contributed by atoms with E-state index in [4.69, 9.17) is 10.5 Å². The molecular formula is C11H22N2O2. The van der Waals surface area contributed by atoms with Crippen molar-refractivity contribution in [3.8, 4) is 0 Å². The third kappa shape index (κ3) is 3.47. The SMILES string of the molecule is CNC(C)(COC1CCCCC1)C(N)=O. The maximum absolute atomic E-state index is 11.2. The van der Waals surface area contributed by atoms with Crippen LogP contribution in [0.1, 0.15) is 39.0 Å². The lowest BCUT2D eigenvalue weighted by Crippen LogP contribution is -2.55. The van der Waals surface area contributed by atoms with Gasteiger partial charge in [0.05, 0.1) is 12.7 Å². The summed E-state index contributed by atoms with van der Waals surface area (Å²) in [5.41, 5.74) is 4.58. The molecule has 0 radical (unpaired) electrons. The zero-order valence-electron chi connectivity index (χ0n) is 9.71. The fourth-order valence-electron chi connectivity index (χ4n) is 1.78. The largest absolute Gasteiger partial charge is 0.376 e. The molecule has 1 aliphatic rings. The van der Waals surface area contributed by atoms with Gasteiger partial charge in [-0.1, -0.05) is 19.3 Å². The van der Waals surface area contributed by atoms with E-state index in [0.717, 1.165) is 12.8 Å². The van der Waals surface area contributed by atoms with E-state index >= 15 is 0 Å². The highest BCUT2D eigenvalue weighted by molar-refractivity contribution is 5.84. The van der Waals surface area contributed by atoms with E-state index in [9.17, 15) is 4.79 Å². The smallest absolute Gasteiger partial charge is 0.239 e. The minimum Gasteiger partial charge on any atom is -0.376 e. The molecule has 0 spiro atoms. The van der Waals surface area contributed by atoms with Crippen LogP contribution in [0, 0.1) is 0 Å². The molecule has 0 saturated heterocycles. The van der Waals surface area contributed by atoms with E-state index < -0.39 is 5.54 Å². The summed E-state index contributed by atoms with van der Waals surface area (Å²) < 4.78 is 5.74. The fraction of sp³-hybridized carbons (Fsp3) is 0.909. The van der Waals surface area contributed by atoms with Gasteiger partial charge in [0.2, 0.25) is 5.91 Å². The minimum atomic E-state index is -0.739. The zero-order chi connectivity index (χ0) is 11.3. The summed E-state index contributed by atoms with van der Waals surface area (Å²) in [6.45, 7) is 2.14. The first-order chi connectivity index (χ1) is 7.08. The minimum absolute atomic E-state index is 0.311. The molecular weight excluding hydrogens is 192 g/mol. The normalized spacial score (nSPS) is 22.3. The number of carbonyl (C=O) groups is 1. The Bertz CT molecular complexity index is 215. The Morgan fingerprint density at radius 3 is 2.53 bits per heavy atom. The summed E-state index contributed by atoms with van der Waals surface area (Å²) in [4.78, 5) is 11.2. The van der Waals surface area contributed by atoms with Crippen LogP contribution >= 0.6 is 0 Å². The zero-order valence-corrected chi connectivity index (χ0v) is 9.71. The Morgan fingerprint density at radius 1 is 1.47 bits per heavy atom. The number of carbonyl (C=O) groups excluding carboxylic acids is 1. The molecule has 1 amide bonds. The molecule has 0 aliphatic heterocycles. The predicted octanol–water partition coefficient (Wildman–Crippen LogP) is 0.799. The van der Waals surface area contributed by atoms with Crippen molar-refractivity contribution in [1.29, 1.82) is 0 Å². The number of hydrogen-bond acceptors (Lipinski definition) is 3. The standard InChI is InChI=1S/C11H22N2O2/c1-11(13-2,10(12)14)8-15-9-6-4-3-5-7-9/h9,13H,3-8H2,1-2H3,(H2,12,14). The van der Waals surface area contributed by atoms with Crippen LogP contribution in [0.25, 0.3) is 0 Å². The highest BCUT2D eigenvalue weighted by Crippen LogP contribution is 2.21. The topological polar surface area (TPSA) is 64.3 Å². The fourth-order valence-corrected chi connectivity index (χ4v) is 1.78. The van der Waals surface area contributed by atoms with Crippen molar-refractivity contribution in [1.82, 2.24) is 5.32 Å². The third-order valence-corrected chi connectivity index (χ3v) is 3.26. The van der Waals surface area contributed by atoms with Gasteiger partial charge in [0.1, 0.15) is 5.54 Å². The van der Waals surface area contributed by atoms with Gasteiger partial charge >= 0.3 is 0 Å². The number of hydrogen-bond donors (Lipinski definition) is 2. The van der Waals surface area contributed by atoms with Crippen molar-refractivity contribution >= 4 is 5.91 Å². The second kappa shape index (κ2) is 5.47. The molecule has 88 valence electrons. The Balaban J connectivity index is 2.36. The molecule has 0 aromatic heterocycles. The first-order valence-electron chi connectivity index (χ1n) is 5.69. The molecule has 1 atom stereocenters. The van der Waals surface area contributed by atoms with E-state index in [1.54, 1.807) is 14.0 Å². The maximum Gasteiger partial charge on any atom is 0.239 e. The first kappa shape index (κ1) is 12.5. The lowest BCUT2D eigenvalue weighted by atomic mass is 9.97. The van der Waals surface area contributed by atoms with Crippen molar-refractivity contribution in [3.05, 3.63) is 0 Å². The average molecular weight is 214 g/mol. The second-order valence-electron chi connectivity index (χ2n) is 4.52. The van der Waals surface area contributed by atoms with Gasteiger partial charge < -0.3 is 15.8 Å². The Hall–Kier alpha value is -0.610. The molecule has 3 N–H and O–H groups in total. The summed E-state index contributed by atoms with van der Waals surface area (Å²) in [7, 11) is 1.73. The number of nitrogens with two attached hydrogens (primary N) is 1. The van der Waals surface area contributed by atoms with Gasteiger partial charge in [0.15, 0.2) is 0 Å². The number of rotatable bonds is 5. The molecule has 1 saturated carbocycles. The molecule has 0 aromatic carbocycles. The van der Waals surface area contributed by atoms with Crippen molar-refractivity contribution in [2.45, 2.75) is 50.7 Å². The van der Waals surface area contributed by atoms with Crippen LogP contribution < -0.4 is 11.1 Å². The highest BCUT2D eigenvalue weighted by atomic mass is 16.5. The molecule has 15 heavy (non-hydrogen) atoms. The van der Waals surface area contributed by atoms with Gasteiger partial charge in [0.25, 0.3) is 0 Å². The summed E-state index contributed by atoms with van der Waals surface area (Å²) in [6, 6.07) is 0. The maximum atomic E-state index is 11.2. The van der Waals surface area contributed by atoms with Crippen LogP contribution in [-0.4, -0.2) is 31.2 Å². The third-order valence-electron chi connectivity index (χ3n) is 3.26. The van der Waals surface area contributed by atoms with Crippen molar-refractivity contribution in [3.63, 3.8) is 0 Å². The second-order valence-corrected chi connectivity index (χ2v) is 4.52. The molecule has 4 heteroatoms. The Kier molecular flexibility index (Phi) is 4.54. The molecule has 1 rings (SSSR count). The van der Waals surface area contributed by atoms with Gasteiger partial charge in [0, 0.05) is 0 Å².